The van der Waals surface area contributed by atoms with Crippen molar-refractivity contribution >= 4 is 21.6 Å². The molecule has 0 radical (unpaired) electrons. The molecule has 0 spiro atoms. The summed E-state index contributed by atoms with van der Waals surface area (Å²) >= 11 is 6.15. The molecule has 0 amide bonds. The molecular weight excluding hydrogens is 308 g/mol. The first-order valence-corrected chi connectivity index (χ1v) is 8.67. The lowest BCUT2D eigenvalue weighted by Crippen LogP contribution is -2.33. The van der Waals surface area contributed by atoms with Crippen LogP contribution >= 0.6 is 11.6 Å². The maximum absolute atomic E-state index is 12.7. The third-order valence-corrected chi connectivity index (χ3v) is 5.62. The lowest BCUT2D eigenvalue weighted by molar-refractivity contribution is 0.430. The van der Waals surface area contributed by atoms with Crippen molar-refractivity contribution in [3.05, 3.63) is 28.8 Å². The van der Waals surface area contributed by atoms with Crippen molar-refractivity contribution in [3.8, 4) is 12.3 Å². The number of sulfonamides is 1. The second-order valence-electron chi connectivity index (χ2n) is 5.23. The number of hydrogen-bond acceptors (Lipinski definition) is 3. The second-order valence-corrected chi connectivity index (χ2v) is 7.57. The van der Waals surface area contributed by atoms with Crippen LogP contribution in [0.1, 0.15) is 18.4 Å². The predicted octanol–water partition coefficient (Wildman–Crippen LogP) is 2.09. The molecule has 0 atom stereocenters. The Kier molecular flexibility index (Phi) is 5.28. The first-order valence-electron chi connectivity index (χ1n) is 6.85. The Balaban J connectivity index is 2.28. The third kappa shape index (κ3) is 3.98. The average Bonchev–Trinajstić information content (AvgIpc) is 3.24. The Morgan fingerprint density at radius 3 is 2.71 bits per heavy atom. The van der Waals surface area contributed by atoms with Gasteiger partial charge in [-0.15, -0.1) is 6.42 Å². The first-order chi connectivity index (χ1) is 9.98. The van der Waals surface area contributed by atoms with Crippen LogP contribution in [0.25, 0.3) is 0 Å². The zero-order valence-corrected chi connectivity index (χ0v) is 13.5. The van der Waals surface area contributed by atoms with Gasteiger partial charge in [-0.05, 0) is 43.5 Å². The molecule has 0 saturated heterocycles. The predicted molar refractivity (Wildman–Crippen MR) is 84.5 cm³/mol. The number of hydrogen-bond donors (Lipinski definition) is 1. The Bertz CT molecular complexity index is 648. The van der Waals surface area contributed by atoms with Crippen molar-refractivity contribution < 1.29 is 8.42 Å². The summed E-state index contributed by atoms with van der Waals surface area (Å²) in [6, 6.07) is 4.82. The number of benzene rings is 1. The van der Waals surface area contributed by atoms with E-state index in [1.807, 2.05) is 7.05 Å². The topological polar surface area (TPSA) is 49.4 Å². The van der Waals surface area contributed by atoms with E-state index in [1.54, 1.807) is 12.1 Å². The maximum atomic E-state index is 12.7. The SMILES string of the molecule is C#CCN(CC1CC1)S(=O)(=O)c1ccc(CNC)c(Cl)c1. The molecule has 0 bridgehead atoms. The van der Waals surface area contributed by atoms with Crippen LogP contribution in [0.4, 0.5) is 0 Å². The van der Waals surface area contributed by atoms with Crippen molar-refractivity contribution in [1.82, 2.24) is 9.62 Å². The van der Waals surface area contributed by atoms with E-state index in [1.165, 1.54) is 10.4 Å². The van der Waals surface area contributed by atoms with Crippen LogP contribution in [0.5, 0.6) is 0 Å². The minimum absolute atomic E-state index is 0.0920. The van der Waals surface area contributed by atoms with E-state index in [0.29, 0.717) is 24.0 Å². The molecule has 1 aliphatic carbocycles. The molecule has 21 heavy (non-hydrogen) atoms. The molecule has 6 heteroatoms. The van der Waals surface area contributed by atoms with Crippen molar-refractivity contribution in [2.24, 2.45) is 5.92 Å². The molecule has 1 saturated carbocycles. The molecule has 1 aliphatic rings. The normalized spacial score (nSPS) is 15.1. The van der Waals surface area contributed by atoms with Crippen LogP contribution < -0.4 is 5.32 Å². The number of rotatable bonds is 7. The number of halogens is 1. The van der Waals surface area contributed by atoms with Crippen molar-refractivity contribution in [2.75, 3.05) is 20.1 Å². The number of nitrogens with zero attached hydrogens (tertiary/aromatic N) is 1. The molecular formula is C15H19ClN2O2S. The molecule has 2 rings (SSSR count). The minimum Gasteiger partial charge on any atom is -0.316 e. The second kappa shape index (κ2) is 6.80. The third-order valence-electron chi connectivity index (χ3n) is 3.46. The van der Waals surface area contributed by atoms with Gasteiger partial charge in [-0.25, -0.2) is 8.42 Å². The first kappa shape index (κ1) is 16.3. The van der Waals surface area contributed by atoms with Crippen LogP contribution in [0.3, 0.4) is 0 Å². The Hall–Kier alpha value is -1.06. The molecule has 0 heterocycles. The quantitative estimate of drug-likeness (QED) is 0.781. The summed E-state index contributed by atoms with van der Waals surface area (Å²) in [5, 5.41) is 3.43. The van der Waals surface area contributed by atoms with Gasteiger partial charge in [0.25, 0.3) is 0 Å². The summed E-state index contributed by atoms with van der Waals surface area (Å²) < 4.78 is 26.7. The summed E-state index contributed by atoms with van der Waals surface area (Å²) in [6.45, 7) is 1.17. The lowest BCUT2D eigenvalue weighted by Gasteiger charge is -2.20. The fourth-order valence-electron chi connectivity index (χ4n) is 2.11. The van der Waals surface area contributed by atoms with E-state index in [4.69, 9.17) is 18.0 Å². The van der Waals surface area contributed by atoms with Gasteiger partial charge in [-0.1, -0.05) is 23.6 Å². The van der Waals surface area contributed by atoms with Gasteiger partial charge >= 0.3 is 0 Å². The van der Waals surface area contributed by atoms with Crippen LogP contribution in [0, 0.1) is 18.3 Å². The van der Waals surface area contributed by atoms with E-state index in [0.717, 1.165) is 18.4 Å². The zero-order chi connectivity index (χ0) is 15.5. The van der Waals surface area contributed by atoms with Crippen molar-refractivity contribution in [3.63, 3.8) is 0 Å². The summed E-state index contributed by atoms with van der Waals surface area (Å²) in [5.74, 6) is 2.86. The van der Waals surface area contributed by atoms with Gasteiger partial charge in [0, 0.05) is 18.1 Å². The average molecular weight is 327 g/mol. The smallest absolute Gasteiger partial charge is 0.244 e. The maximum Gasteiger partial charge on any atom is 0.244 e. The lowest BCUT2D eigenvalue weighted by atomic mass is 10.2. The van der Waals surface area contributed by atoms with Gasteiger partial charge in [0.05, 0.1) is 11.4 Å². The van der Waals surface area contributed by atoms with Gasteiger partial charge in [0.2, 0.25) is 10.0 Å². The van der Waals surface area contributed by atoms with Crippen LogP contribution in [-0.4, -0.2) is 32.9 Å². The highest BCUT2D eigenvalue weighted by molar-refractivity contribution is 7.89. The van der Waals surface area contributed by atoms with Crippen LogP contribution in [-0.2, 0) is 16.6 Å². The Morgan fingerprint density at radius 2 is 2.19 bits per heavy atom. The summed E-state index contributed by atoms with van der Waals surface area (Å²) in [7, 11) is -1.78. The molecule has 114 valence electrons. The molecule has 4 nitrogen and oxygen atoms in total. The van der Waals surface area contributed by atoms with Crippen molar-refractivity contribution in [2.45, 2.75) is 24.3 Å². The zero-order valence-electron chi connectivity index (χ0n) is 12.0. The van der Waals surface area contributed by atoms with E-state index in [-0.39, 0.29) is 11.4 Å². The molecule has 1 aromatic carbocycles. The van der Waals surface area contributed by atoms with Gasteiger partial charge in [0.1, 0.15) is 0 Å². The van der Waals surface area contributed by atoms with Gasteiger partial charge < -0.3 is 5.32 Å². The van der Waals surface area contributed by atoms with E-state index >= 15 is 0 Å². The van der Waals surface area contributed by atoms with E-state index < -0.39 is 10.0 Å². The fraction of sp³-hybridized carbons (Fsp3) is 0.467. The number of nitrogens with one attached hydrogen (secondary N) is 1. The Morgan fingerprint density at radius 1 is 1.48 bits per heavy atom. The summed E-state index contributed by atoms with van der Waals surface area (Å²) in [6.07, 6.45) is 7.44. The summed E-state index contributed by atoms with van der Waals surface area (Å²) in [4.78, 5) is 0.197. The molecule has 0 aliphatic heterocycles. The molecule has 0 aromatic heterocycles. The highest BCUT2D eigenvalue weighted by Crippen LogP contribution is 2.32. The monoisotopic (exact) mass is 326 g/mol. The van der Waals surface area contributed by atoms with E-state index in [9.17, 15) is 8.42 Å². The Labute approximate surface area is 131 Å². The van der Waals surface area contributed by atoms with Crippen LogP contribution in [0.15, 0.2) is 23.1 Å². The van der Waals surface area contributed by atoms with Gasteiger partial charge in [-0.3, -0.25) is 0 Å². The van der Waals surface area contributed by atoms with E-state index in [2.05, 4.69) is 11.2 Å². The van der Waals surface area contributed by atoms with Crippen molar-refractivity contribution in [1.29, 1.82) is 0 Å². The van der Waals surface area contributed by atoms with Gasteiger partial charge in [0.15, 0.2) is 0 Å². The largest absolute Gasteiger partial charge is 0.316 e. The molecule has 1 N–H and O–H groups in total. The standard InChI is InChI=1S/C15H19ClN2O2S/c1-3-8-18(11-12-4-5-12)21(19,20)14-7-6-13(10-17-2)15(16)9-14/h1,6-7,9,12,17H,4-5,8,10-11H2,2H3. The molecule has 0 unspecified atom stereocenters. The number of terminal acetylenes is 1. The highest BCUT2D eigenvalue weighted by Gasteiger charge is 2.31. The molecule has 1 fully saturated rings. The fourth-order valence-corrected chi connectivity index (χ4v) is 3.88. The van der Waals surface area contributed by atoms with Crippen LogP contribution in [0.2, 0.25) is 5.02 Å². The summed E-state index contributed by atoms with van der Waals surface area (Å²) in [5.41, 5.74) is 0.865. The molecule has 1 aromatic rings. The highest BCUT2D eigenvalue weighted by atomic mass is 35.5. The minimum atomic E-state index is -3.59. The van der Waals surface area contributed by atoms with Gasteiger partial charge in [-0.2, -0.15) is 4.31 Å².